The van der Waals surface area contributed by atoms with Crippen LogP contribution in [0.25, 0.3) is 0 Å². The standard InChI is InChI=1S/C45H63N5O11/c1-45(2,3)39(49-40(55)29(18-12-13-19-37(54)61-5)22-35(52)33-25-47-21-20-31(33)44(59)60)43(58)50-26-30(51)23-34(50)42(57)48-38(28-16-10-7-11-17-28)36(53)24-32(41(56)46-4)27-14-8-6-9-15-27/h13,19-21,25,27-29,32,34,38-39H,6-12,14-18,22-24,26H2,1-5H3,(H,46,56)(H,48,57)(H,49,55)(H,59,60)/b19-13+/t29-,32+,34+,38+,39-/m1/s1. The van der Waals surface area contributed by atoms with Crippen molar-refractivity contribution >= 4 is 52.9 Å². The number of allylic oxidation sites excluding steroid dienone is 1. The lowest BCUT2D eigenvalue weighted by Gasteiger charge is -2.37. The molecule has 4 N–H and O–H groups in total. The predicted octanol–water partition coefficient (Wildman–Crippen LogP) is 4.15. The van der Waals surface area contributed by atoms with Gasteiger partial charge in [-0.3, -0.25) is 38.5 Å². The van der Waals surface area contributed by atoms with Gasteiger partial charge in [0.1, 0.15) is 12.1 Å². The minimum absolute atomic E-state index is 0.0180. The Labute approximate surface area is 357 Å². The van der Waals surface area contributed by atoms with Gasteiger partial charge in [-0.2, -0.15) is 0 Å². The Morgan fingerprint density at radius 1 is 0.902 bits per heavy atom. The molecule has 0 radical (unpaired) electrons. The number of hydrogen-bond donors (Lipinski definition) is 4. The highest BCUT2D eigenvalue weighted by Gasteiger charge is 2.46. The molecule has 0 unspecified atom stereocenters. The van der Waals surface area contributed by atoms with Crippen LogP contribution in [0, 0.1) is 29.1 Å². The highest BCUT2D eigenvalue weighted by atomic mass is 16.5. The number of methoxy groups -OCH3 is 1. The number of carbonyl (C=O) groups excluding carboxylic acids is 8. The number of amides is 4. The summed E-state index contributed by atoms with van der Waals surface area (Å²) < 4.78 is 4.63. The molecule has 1 aromatic heterocycles. The van der Waals surface area contributed by atoms with Crippen LogP contribution in [-0.4, -0.2) is 107 Å². The van der Waals surface area contributed by atoms with Gasteiger partial charge in [0, 0.05) is 56.6 Å². The summed E-state index contributed by atoms with van der Waals surface area (Å²) >= 11 is 0. The highest BCUT2D eigenvalue weighted by molar-refractivity contribution is 6.07. The number of carboxylic acid groups (broad SMARTS) is 1. The summed E-state index contributed by atoms with van der Waals surface area (Å²) in [5, 5.41) is 18.1. The van der Waals surface area contributed by atoms with E-state index in [0.29, 0.717) is 12.8 Å². The molecule has 2 heterocycles. The fraction of sp³-hybridized carbons (Fsp3) is 0.644. The zero-order valence-electron chi connectivity index (χ0n) is 36.2. The number of carbonyl (C=O) groups is 9. The molecule has 3 fully saturated rings. The maximum Gasteiger partial charge on any atom is 0.336 e. The summed E-state index contributed by atoms with van der Waals surface area (Å²) in [5.41, 5.74) is -1.47. The van der Waals surface area contributed by atoms with E-state index in [1.54, 1.807) is 27.8 Å². The lowest BCUT2D eigenvalue weighted by molar-refractivity contribution is -0.145. The van der Waals surface area contributed by atoms with E-state index in [1.165, 1.54) is 31.5 Å². The minimum Gasteiger partial charge on any atom is -0.478 e. The van der Waals surface area contributed by atoms with Crippen LogP contribution in [0.1, 0.15) is 138 Å². The molecule has 2 aliphatic carbocycles. The Morgan fingerprint density at radius 3 is 2.13 bits per heavy atom. The van der Waals surface area contributed by atoms with E-state index >= 15 is 0 Å². The normalized spacial score (nSPS) is 19.7. The summed E-state index contributed by atoms with van der Waals surface area (Å²) in [6.45, 7) is 4.69. The van der Waals surface area contributed by atoms with Gasteiger partial charge in [-0.05, 0) is 61.8 Å². The molecule has 0 spiro atoms. The number of aromatic carboxylic acids is 1. The number of esters is 1. The molecular formula is C45H63N5O11. The largest absolute Gasteiger partial charge is 0.478 e. The third-order valence-corrected chi connectivity index (χ3v) is 12.4. The molecule has 334 valence electrons. The van der Waals surface area contributed by atoms with Gasteiger partial charge >= 0.3 is 11.9 Å². The Kier molecular flexibility index (Phi) is 17.9. The van der Waals surface area contributed by atoms with Crippen molar-refractivity contribution in [1.82, 2.24) is 25.8 Å². The van der Waals surface area contributed by atoms with Gasteiger partial charge in [0.15, 0.2) is 17.3 Å². The average Bonchev–Trinajstić information content (AvgIpc) is 3.65. The highest BCUT2D eigenvalue weighted by Crippen LogP contribution is 2.35. The first-order valence-electron chi connectivity index (χ1n) is 21.6. The number of hydrogen-bond acceptors (Lipinski definition) is 11. The second-order valence-corrected chi connectivity index (χ2v) is 17.8. The van der Waals surface area contributed by atoms with E-state index in [1.807, 2.05) is 0 Å². The topological polar surface area (TPSA) is 235 Å². The number of likely N-dealkylation sites (tertiary alicyclic amines) is 1. The third kappa shape index (κ3) is 13.4. The van der Waals surface area contributed by atoms with Gasteiger partial charge in [-0.15, -0.1) is 0 Å². The summed E-state index contributed by atoms with van der Waals surface area (Å²) in [6, 6.07) is -2.30. The number of ketones is 3. The van der Waals surface area contributed by atoms with Crippen molar-refractivity contribution in [3.8, 4) is 0 Å². The van der Waals surface area contributed by atoms with E-state index in [2.05, 4.69) is 25.7 Å². The average molecular weight is 850 g/mol. The van der Waals surface area contributed by atoms with Crippen LogP contribution in [0.4, 0.5) is 0 Å². The molecule has 1 saturated heterocycles. The second kappa shape index (κ2) is 22.5. The van der Waals surface area contributed by atoms with E-state index in [4.69, 9.17) is 0 Å². The summed E-state index contributed by atoms with van der Waals surface area (Å²) in [7, 11) is 2.77. The molecule has 16 nitrogen and oxygen atoms in total. The van der Waals surface area contributed by atoms with E-state index < -0.39 is 83.8 Å². The predicted molar refractivity (Wildman–Crippen MR) is 223 cm³/mol. The van der Waals surface area contributed by atoms with Crippen LogP contribution >= 0.6 is 0 Å². The van der Waals surface area contributed by atoms with Crippen LogP contribution < -0.4 is 16.0 Å². The number of carboxylic acids is 1. The molecule has 3 aliphatic rings. The van der Waals surface area contributed by atoms with Crippen molar-refractivity contribution in [1.29, 1.82) is 0 Å². The van der Waals surface area contributed by atoms with Gasteiger partial charge in [-0.1, -0.05) is 65.4 Å². The van der Waals surface area contributed by atoms with Gasteiger partial charge in [0.2, 0.25) is 23.6 Å². The quantitative estimate of drug-likeness (QED) is 0.0874. The lowest BCUT2D eigenvalue weighted by Crippen LogP contribution is -2.59. The summed E-state index contributed by atoms with van der Waals surface area (Å²) in [6.07, 6.45) is 13.3. The number of nitrogens with zero attached hydrogens (tertiary/aromatic N) is 2. The third-order valence-electron chi connectivity index (χ3n) is 12.4. The van der Waals surface area contributed by atoms with Crippen molar-refractivity contribution in [3.05, 3.63) is 41.7 Å². The van der Waals surface area contributed by atoms with Crippen molar-refractivity contribution in [3.63, 3.8) is 0 Å². The summed E-state index contributed by atoms with van der Waals surface area (Å²) in [4.78, 5) is 126. The minimum atomic E-state index is -1.35. The maximum atomic E-state index is 14.6. The first kappa shape index (κ1) is 48.4. The maximum absolute atomic E-state index is 14.6. The molecule has 1 aromatic rings. The number of Topliss-reactive ketones (excluding diaryl/α,β-unsaturated/α-hetero) is 3. The Hall–Kier alpha value is -5.28. The van der Waals surface area contributed by atoms with Gasteiger partial charge < -0.3 is 30.7 Å². The summed E-state index contributed by atoms with van der Waals surface area (Å²) in [5.74, 6) is -7.33. The van der Waals surface area contributed by atoms with Crippen LogP contribution in [0.3, 0.4) is 0 Å². The zero-order valence-corrected chi connectivity index (χ0v) is 36.2. The number of nitrogens with one attached hydrogen (secondary N) is 3. The SMILES string of the molecule is CNC(=O)[C@@H](CC(=O)[C@@H](NC(=O)[C@@H]1CC(=O)CN1C(=O)[C@@H](NC(=O)[C@H](CC/C=C/C(=O)OC)CC(=O)c1cnccc1C(=O)O)C(C)(C)C)C1CCCCC1)C1CCCCC1. The van der Waals surface area contributed by atoms with E-state index in [-0.39, 0.29) is 66.1 Å². The molecule has 0 aromatic carbocycles. The second-order valence-electron chi connectivity index (χ2n) is 17.8. The number of aromatic nitrogens is 1. The first-order chi connectivity index (χ1) is 29.0. The molecule has 4 rings (SSSR count). The van der Waals surface area contributed by atoms with E-state index in [0.717, 1.165) is 62.5 Å². The van der Waals surface area contributed by atoms with Crippen LogP contribution in [-0.2, 0) is 38.3 Å². The first-order valence-corrected chi connectivity index (χ1v) is 21.6. The Balaban J connectivity index is 1.58. The number of ether oxygens (including phenoxy) is 1. The van der Waals surface area contributed by atoms with E-state index in [9.17, 15) is 48.3 Å². The number of rotatable bonds is 19. The van der Waals surface area contributed by atoms with Crippen molar-refractivity contribution in [2.24, 2.45) is 29.1 Å². The smallest absolute Gasteiger partial charge is 0.336 e. The van der Waals surface area contributed by atoms with Gasteiger partial charge in [0.25, 0.3) is 0 Å². The molecule has 2 saturated carbocycles. The van der Waals surface area contributed by atoms with Gasteiger partial charge in [-0.25, -0.2) is 9.59 Å². The monoisotopic (exact) mass is 849 g/mol. The molecule has 16 heteroatoms. The Bertz CT molecular complexity index is 1830. The fourth-order valence-corrected chi connectivity index (χ4v) is 8.96. The van der Waals surface area contributed by atoms with Crippen LogP contribution in [0.2, 0.25) is 0 Å². The van der Waals surface area contributed by atoms with Gasteiger partial charge in [0.05, 0.1) is 30.8 Å². The molecule has 4 amide bonds. The fourth-order valence-electron chi connectivity index (χ4n) is 8.96. The van der Waals surface area contributed by atoms with Crippen molar-refractivity contribution in [2.45, 2.75) is 135 Å². The molecular weight excluding hydrogens is 787 g/mol. The molecule has 1 aliphatic heterocycles. The van der Waals surface area contributed by atoms with Crippen molar-refractivity contribution < 1.29 is 53.0 Å². The van der Waals surface area contributed by atoms with Crippen LogP contribution in [0.15, 0.2) is 30.6 Å². The lowest BCUT2D eigenvalue weighted by atomic mass is 9.75. The Morgan fingerprint density at radius 2 is 1.54 bits per heavy atom. The molecule has 61 heavy (non-hydrogen) atoms. The van der Waals surface area contributed by atoms with Crippen molar-refractivity contribution in [2.75, 3.05) is 20.7 Å². The van der Waals surface area contributed by atoms with Crippen LogP contribution in [0.5, 0.6) is 0 Å². The zero-order chi connectivity index (χ0) is 44.9. The molecule has 0 bridgehead atoms. The number of pyridine rings is 1. The molecule has 5 atom stereocenters.